The van der Waals surface area contributed by atoms with Crippen LogP contribution in [0.4, 0.5) is 11.4 Å². The Morgan fingerprint density at radius 2 is 1.78 bits per heavy atom. The van der Waals surface area contributed by atoms with Gasteiger partial charge in [0.2, 0.25) is 5.69 Å². The molecule has 0 amide bonds. The number of carboxylic acid groups (broad SMARTS) is 2. The monoisotopic (exact) mass is 502 g/mol. The SMILES string of the molecule is CC[N+]1=C(C=C2C(=O)C(c3ccc(N(C)CCCC(=O)O)cc3)=C2[O-])C(C)(C)c2cc(C(=O)O)ccc21. The zero-order chi connectivity index (χ0) is 27.1. The summed E-state index contributed by atoms with van der Waals surface area (Å²) < 4.78 is 2.02. The van der Waals surface area contributed by atoms with Gasteiger partial charge in [0.25, 0.3) is 0 Å². The van der Waals surface area contributed by atoms with Gasteiger partial charge in [-0.3, -0.25) is 9.59 Å². The number of nitrogens with zero attached hydrogens (tertiary/aromatic N) is 2. The lowest BCUT2D eigenvalue weighted by molar-refractivity contribution is -0.433. The van der Waals surface area contributed by atoms with Crippen molar-refractivity contribution >= 4 is 40.4 Å². The summed E-state index contributed by atoms with van der Waals surface area (Å²) in [4.78, 5) is 37.3. The number of anilines is 1. The van der Waals surface area contributed by atoms with Crippen molar-refractivity contribution in [3.8, 4) is 0 Å². The number of carbonyl (C=O) groups is 3. The lowest BCUT2D eigenvalue weighted by atomic mass is 9.77. The second kappa shape index (κ2) is 9.69. The first-order valence-corrected chi connectivity index (χ1v) is 12.2. The molecule has 192 valence electrons. The van der Waals surface area contributed by atoms with E-state index in [4.69, 9.17) is 5.11 Å². The average molecular weight is 503 g/mol. The molecule has 0 spiro atoms. The van der Waals surface area contributed by atoms with Gasteiger partial charge < -0.3 is 20.2 Å². The van der Waals surface area contributed by atoms with Crippen LogP contribution in [-0.4, -0.2) is 58.4 Å². The Morgan fingerprint density at radius 3 is 2.35 bits per heavy atom. The van der Waals surface area contributed by atoms with Gasteiger partial charge in [-0.2, -0.15) is 4.58 Å². The van der Waals surface area contributed by atoms with Crippen molar-refractivity contribution in [1.82, 2.24) is 0 Å². The van der Waals surface area contributed by atoms with Gasteiger partial charge in [0.1, 0.15) is 6.54 Å². The summed E-state index contributed by atoms with van der Waals surface area (Å²) in [6, 6.07) is 12.1. The molecule has 8 heteroatoms. The van der Waals surface area contributed by atoms with Crippen molar-refractivity contribution in [2.24, 2.45) is 0 Å². The van der Waals surface area contributed by atoms with Crippen LogP contribution in [0, 0.1) is 0 Å². The maximum Gasteiger partial charge on any atom is 0.335 e. The lowest BCUT2D eigenvalue weighted by Gasteiger charge is -2.31. The van der Waals surface area contributed by atoms with E-state index < -0.39 is 17.4 Å². The normalized spacial score (nSPS) is 17.2. The third-order valence-corrected chi connectivity index (χ3v) is 7.16. The second-order valence-electron chi connectivity index (χ2n) is 9.85. The van der Waals surface area contributed by atoms with E-state index in [2.05, 4.69) is 0 Å². The van der Waals surface area contributed by atoms with Crippen LogP contribution in [0.3, 0.4) is 0 Å². The predicted molar refractivity (Wildman–Crippen MR) is 138 cm³/mol. The van der Waals surface area contributed by atoms with Crippen molar-refractivity contribution in [3.63, 3.8) is 0 Å². The van der Waals surface area contributed by atoms with Crippen LogP contribution in [0.1, 0.15) is 55.1 Å². The molecule has 2 aromatic rings. The fraction of sp³-hybridized carbons (Fsp3) is 0.310. The quantitative estimate of drug-likeness (QED) is 0.398. The van der Waals surface area contributed by atoms with Crippen molar-refractivity contribution < 1.29 is 34.3 Å². The van der Waals surface area contributed by atoms with Crippen LogP contribution in [-0.2, 0) is 15.0 Å². The number of Topliss-reactive ketones (excluding diaryl/α,β-unsaturated/α-hetero) is 1. The molecule has 0 bridgehead atoms. The molecule has 0 saturated carbocycles. The van der Waals surface area contributed by atoms with Crippen LogP contribution in [0.25, 0.3) is 5.57 Å². The van der Waals surface area contributed by atoms with E-state index in [0.717, 1.165) is 22.6 Å². The number of aliphatic carboxylic acids is 1. The number of aromatic carboxylic acids is 1. The highest BCUT2D eigenvalue weighted by Crippen LogP contribution is 2.42. The van der Waals surface area contributed by atoms with Gasteiger partial charge in [-0.05, 0) is 57.0 Å². The molecule has 4 rings (SSSR count). The average Bonchev–Trinajstić information content (AvgIpc) is 3.07. The lowest BCUT2D eigenvalue weighted by Crippen LogP contribution is -2.33. The first-order chi connectivity index (χ1) is 17.5. The third-order valence-electron chi connectivity index (χ3n) is 7.16. The molecule has 0 radical (unpaired) electrons. The predicted octanol–water partition coefficient (Wildman–Crippen LogP) is 3.36. The van der Waals surface area contributed by atoms with Crippen LogP contribution < -0.4 is 10.0 Å². The van der Waals surface area contributed by atoms with E-state index >= 15 is 0 Å². The highest BCUT2D eigenvalue weighted by Gasteiger charge is 2.45. The molecule has 0 saturated heterocycles. The fourth-order valence-electron chi connectivity index (χ4n) is 5.03. The van der Waals surface area contributed by atoms with Gasteiger partial charge in [-0.1, -0.05) is 17.9 Å². The van der Waals surface area contributed by atoms with Gasteiger partial charge in [0.05, 0.1) is 11.0 Å². The molecular weight excluding hydrogens is 472 g/mol. The number of fused-ring (bicyclic) bond motifs is 1. The first kappa shape index (κ1) is 25.9. The van der Waals surface area contributed by atoms with Crippen LogP contribution in [0.2, 0.25) is 0 Å². The van der Waals surface area contributed by atoms with E-state index in [1.54, 1.807) is 36.4 Å². The highest BCUT2D eigenvalue weighted by molar-refractivity contribution is 6.40. The number of benzene rings is 2. The highest BCUT2D eigenvalue weighted by atomic mass is 16.4. The fourth-order valence-corrected chi connectivity index (χ4v) is 5.03. The van der Waals surface area contributed by atoms with Gasteiger partial charge >= 0.3 is 11.9 Å². The first-order valence-electron chi connectivity index (χ1n) is 12.2. The molecule has 0 fully saturated rings. The van der Waals surface area contributed by atoms with E-state index in [9.17, 15) is 24.6 Å². The van der Waals surface area contributed by atoms with E-state index in [-0.39, 0.29) is 34.7 Å². The van der Waals surface area contributed by atoms with Crippen LogP contribution in [0.5, 0.6) is 0 Å². The summed E-state index contributed by atoms with van der Waals surface area (Å²) in [5.74, 6) is -2.46. The number of carboxylic acids is 2. The molecule has 2 N–H and O–H groups in total. The number of hydrogen-bond acceptors (Lipinski definition) is 5. The Kier molecular flexibility index (Phi) is 6.78. The minimum absolute atomic E-state index is 0.0928. The number of allylic oxidation sites excluding steroid dienone is 3. The molecule has 2 aromatic carbocycles. The molecule has 1 aliphatic carbocycles. The summed E-state index contributed by atoms with van der Waals surface area (Å²) in [6.45, 7) is 7.07. The third kappa shape index (κ3) is 4.55. The molecule has 0 unspecified atom stereocenters. The molecule has 37 heavy (non-hydrogen) atoms. The zero-order valence-corrected chi connectivity index (χ0v) is 21.4. The maximum atomic E-state index is 13.1. The Bertz CT molecular complexity index is 1400. The topological polar surface area (TPSA) is 121 Å². The summed E-state index contributed by atoms with van der Waals surface area (Å²) in [5.41, 5.74) is 3.78. The van der Waals surface area contributed by atoms with Gasteiger partial charge in [-0.15, -0.1) is 0 Å². The maximum absolute atomic E-state index is 13.1. The van der Waals surface area contributed by atoms with Crippen LogP contribution in [0.15, 0.2) is 59.9 Å². The van der Waals surface area contributed by atoms with Gasteiger partial charge in [0, 0.05) is 54.6 Å². The molecule has 1 aliphatic heterocycles. The summed E-state index contributed by atoms with van der Waals surface area (Å²) in [6.07, 6.45) is 2.26. The standard InChI is InChI=1S/C29H30N2O6/c1-5-31-22-13-10-18(28(36)37)15-21(22)29(2,3)23(31)16-20-26(34)25(27(20)35)17-8-11-19(12-9-17)30(4)14-6-7-24(32)33/h8-13,15-16H,5-7,14H2,1-4H3,(H2-,32,33,34,35,36,37). The Balaban J connectivity index is 1.61. The molecule has 2 aliphatic rings. The van der Waals surface area contributed by atoms with Crippen molar-refractivity contribution in [1.29, 1.82) is 0 Å². The van der Waals surface area contributed by atoms with E-state index in [1.165, 1.54) is 0 Å². The summed E-state index contributed by atoms with van der Waals surface area (Å²) in [7, 11) is 1.86. The molecule has 0 aromatic heterocycles. The number of hydrogen-bond donors (Lipinski definition) is 2. The minimum Gasteiger partial charge on any atom is -0.871 e. The largest absolute Gasteiger partial charge is 0.871 e. The molecule has 8 nitrogen and oxygen atoms in total. The Hall–Kier alpha value is -4.20. The number of rotatable bonds is 9. The molecule has 0 atom stereocenters. The zero-order valence-electron chi connectivity index (χ0n) is 21.4. The van der Waals surface area contributed by atoms with Crippen LogP contribution >= 0.6 is 0 Å². The number of ketones is 1. The van der Waals surface area contributed by atoms with Crippen molar-refractivity contribution in [2.45, 2.75) is 39.0 Å². The smallest absolute Gasteiger partial charge is 0.335 e. The number of carbonyl (C=O) groups excluding carboxylic acids is 1. The molecule has 1 heterocycles. The van der Waals surface area contributed by atoms with Crippen molar-refractivity contribution in [2.75, 3.05) is 25.0 Å². The second-order valence-corrected chi connectivity index (χ2v) is 9.85. The minimum atomic E-state index is -1.01. The summed E-state index contributed by atoms with van der Waals surface area (Å²) >= 11 is 0. The van der Waals surface area contributed by atoms with Gasteiger partial charge in [0.15, 0.2) is 11.5 Å². The summed E-state index contributed by atoms with van der Waals surface area (Å²) in [5, 5.41) is 31.3. The Labute approximate surface area is 215 Å². The Morgan fingerprint density at radius 1 is 1.11 bits per heavy atom. The van der Waals surface area contributed by atoms with E-state index in [0.29, 0.717) is 25.1 Å². The molecular formula is C29H30N2O6. The van der Waals surface area contributed by atoms with Crippen molar-refractivity contribution in [3.05, 3.63) is 76.6 Å². The van der Waals surface area contributed by atoms with E-state index in [1.807, 2.05) is 49.4 Å². The van der Waals surface area contributed by atoms with Gasteiger partial charge in [-0.25, -0.2) is 4.79 Å².